The van der Waals surface area contributed by atoms with E-state index in [1.165, 1.54) is 4.57 Å². The molecule has 0 aliphatic heterocycles. The number of fused-ring (bicyclic) bond motifs is 1. The molecule has 0 saturated heterocycles. The third-order valence-corrected chi connectivity index (χ3v) is 8.60. The molecule has 9 nitrogen and oxygen atoms in total. The first-order chi connectivity index (χ1) is 20.0. The lowest BCUT2D eigenvalue weighted by Crippen LogP contribution is -2.42. The van der Waals surface area contributed by atoms with Crippen LogP contribution in [0.1, 0.15) is 37.1 Å². The molecule has 0 spiro atoms. The summed E-state index contributed by atoms with van der Waals surface area (Å²) in [7, 11) is -6.61. The average molecular weight is 622 g/mol. The molecule has 228 valence electrons. The van der Waals surface area contributed by atoms with Crippen molar-refractivity contribution in [3.63, 3.8) is 0 Å². The minimum absolute atomic E-state index is 0.0148. The summed E-state index contributed by atoms with van der Waals surface area (Å²) in [6.45, 7) is 3.48. The zero-order chi connectivity index (χ0) is 31.0. The number of hydrogen-bond donors (Lipinski definition) is 1. The van der Waals surface area contributed by atoms with Crippen LogP contribution in [0, 0.1) is 6.92 Å². The summed E-state index contributed by atoms with van der Waals surface area (Å²) in [6.07, 6.45) is 5.18. The van der Waals surface area contributed by atoms with Crippen LogP contribution in [0.15, 0.2) is 69.7 Å². The second-order valence-electron chi connectivity index (χ2n) is 10.7. The van der Waals surface area contributed by atoms with Gasteiger partial charge in [0.2, 0.25) is 5.62 Å². The minimum atomic E-state index is -9.84. The number of aromatic nitrogens is 6. The molecule has 0 amide bonds. The van der Waals surface area contributed by atoms with Crippen molar-refractivity contribution in [1.82, 2.24) is 28.7 Å². The van der Waals surface area contributed by atoms with Crippen LogP contribution in [0.25, 0.3) is 28.2 Å². The van der Waals surface area contributed by atoms with Gasteiger partial charge in [0.15, 0.2) is 5.65 Å². The number of hydrogen-bond acceptors (Lipinski definition) is 5. The molecule has 5 aromatic rings. The number of H-pyrrole nitrogens is 1. The van der Waals surface area contributed by atoms with Crippen LogP contribution in [0.3, 0.4) is 0 Å². The Balaban J connectivity index is 1.48. The molecular weight excluding hydrogens is 593 g/mol. The van der Waals surface area contributed by atoms with Crippen LogP contribution in [0.5, 0.6) is 5.75 Å². The summed E-state index contributed by atoms with van der Waals surface area (Å²) in [5.74, 6) is 0.933. The summed E-state index contributed by atoms with van der Waals surface area (Å²) in [5.41, 5.74) is 2.70. The Bertz CT molecular complexity index is 2020. The monoisotopic (exact) mass is 621 g/mol. The van der Waals surface area contributed by atoms with E-state index in [-0.39, 0.29) is 22.7 Å². The highest BCUT2D eigenvalue weighted by atomic mass is 32.5. The zero-order valence-corrected chi connectivity index (χ0v) is 24.4. The molecule has 43 heavy (non-hydrogen) atoms. The van der Waals surface area contributed by atoms with E-state index >= 15 is 0 Å². The smallest absolute Gasteiger partial charge is 0.310 e. The van der Waals surface area contributed by atoms with Crippen LogP contribution in [0.4, 0.5) is 19.4 Å². The first kappa shape index (κ1) is 28.7. The van der Waals surface area contributed by atoms with E-state index < -0.39 is 26.7 Å². The Kier molecular flexibility index (Phi) is 6.04. The molecule has 1 saturated carbocycles. The van der Waals surface area contributed by atoms with E-state index in [1.54, 1.807) is 38.0 Å². The molecule has 1 fully saturated rings. The fraction of sp³-hybridized carbons (Fsp3) is 0.286. The van der Waals surface area contributed by atoms with Gasteiger partial charge in [0.25, 0.3) is 5.56 Å². The number of aryl methyl sites for hydroxylation is 2. The Morgan fingerprint density at radius 2 is 1.79 bits per heavy atom. The SMILES string of the molecule is COc1cc(-c2nc3c([nH]2)c(=O)n(C(C)c2ccc(S(F)(F)(F)(F)F)cc2)c(=NC2CC2)n3C)ccc1-n1cnc(C)c1. The second-order valence-corrected chi connectivity index (χ2v) is 13.1. The van der Waals surface area contributed by atoms with Crippen molar-refractivity contribution >= 4 is 21.4 Å². The predicted molar refractivity (Wildman–Crippen MR) is 153 cm³/mol. The first-order valence-electron chi connectivity index (χ1n) is 13.3. The number of nitrogens with zero attached hydrogens (tertiary/aromatic N) is 6. The topological polar surface area (TPSA) is 95.0 Å². The lowest BCUT2D eigenvalue weighted by Gasteiger charge is -2.40. The standard InChI is InChI=1S/C28H28F5N7O2S/c1-16-14-39(15-34-16)22-12-7-19(13-23(22)42-4)25-36-24-26(37-25)38(3)28(35-20-8-9-20)40(27(24)41)17(2)18-5-10-21(11-6-18)43(29,30,31,32)33/h5-7,10-15,17,20H,8-9H2,1-4H3,(H,36,37). The number of nitrogens with one attached hydrogen (secondary N) is 1. The largest absolute Gasteiger partial charge is 0.495 e. The summed E-state index contributed by atoms with van der Waals surface area (Å²) < 4.78 is 77.0. The first-order valence-corrected chi connectivity index (χ1v) is 15.3. The molecule has 3 heterocycles. The fourth-order valence-corrected chi connectivity index (χ4v) is 5.62. The summed E-state index contributed by atoms with van der Waals surface area (Å²) in [5, 5.41) is 0. The maximum absolute atomic E-state index is 13.9. The molecular formula is C28H28F5N7O2S. The van der Waals surface area contributed by atoms with Gasteiger partial charge in [0, 0.05) is 18.8 Å². The van der Waals surface area contributed by atoms with E-state index in [2.05, 4.69) is 9.97 Å². The van der Waals surface area contributed by atoms with Gasteiger partial charge in [-0.25, -0.2) is 15.0 Å². The molecule has 2 aromatic carbocycles. The van der Waals surface area contributed by atoms with Crippen molar-refractivity contribution in [1.29, 1.82) is 0 Å². The van der Waals surface area contributed by atoms with Gasteiger partial charge in [-0.2, -0.15) is 0 Å². The highest BCUT2D eigenvalue weighted by Crippen LogP contribution is 3.02. The number of aromatic amines is 1. The molecule has 6 rings (SSSR count). The summed E-state index contributed by atoms with van der Waals surface area (Å²) in [6, 6.07) is 7.22. The van der Waals surface area contributed by atoms with E-state index in [4.69, 9.17) is 14.7 Å². The maximum Gasteiger partial charge on any atom is 0.310 e. The predicted octanol–water partition coefficient (Wildman–Crippen LogP) is 6.56. The molecule has 0 bridgehead atoms. The third-order valence-electron chi connectivity index (χ3n) is 7.43. The molecule has 15 heteroatoms. The molecule has 1 atom stereocenters. The van der Waals surface area contributed by atoms with Crippen molar-refractivity contribution in [2.75, 3.05) is 7.11 Å². The molecule has 0 radical (unpaired) electrons. The normalized spacial score (nSPS) is 16.7. The Hall–Kier alpha value is -4.40. The summed E-state index contributed by atoms with van der Waals surface area (Å²) in [4.78, 5) is 28.7. The number of imidazole rings is 2. The van der Waals surface area contributed by atoms with Gasteiger partial charge < -0.3 is 14.3 Å². The van der Waals surface area contributed by atoms with Crippen LogP contribution in [0.2, 0.25) is 0 Å². The van der Waals surface area contributed by atoms with Crippen molar-refractivity contribution < 1.29 is 24.2 Å². The number of methoxy groups -OCH3 is 1. The van der Waals surface area contributed by atoms with Crippen molar-refractivity contribution in [3.8, 4) is 22.8 Å². The minimum Gasteiger partial charge on any atom is -0.495 e. The Morgan fingerprint density at radius 3 is 2.37 bits per heavy atom. The fourth-order valence-electron chi connectivity index (χ4n) is 4.97. The number of halogens is 5. The molecule has 1 unspecified atom stereocenters. The van der Waals surface area contributed by atoms with Gasteiger partial charge in [-0.05, 0) is 62.6 Å². The quantitative estimate of drug-likeness (QED) is 0.208. The molecule has 1 N–H and O–H groups in total. The number of benzene rings is 2. The number of rotatable bonds is 7. The maximum atomic E-state index is 13.9. The van der Waals surface area contributed by atoms with Crippen molar-refractivity contribution in [2.45, 2.75) is 43.7 Å². The average Bonchev–Trinajstić information content (AvgIpc) is 3.47. The highest BCUT2D eigenvalue weighted by Gasteiger charge is 2.65. The molecule has 3 aromatic heterocycles. The van der Waals surface area contributed by atoms with Crippen molar-refractivity contribution in [3.05, 3.63) is 82.2 Å². The zero-order valence-electron chi connectivity index (χ0n) is 23.6. The van der Waals surface area contributed by atoms with Crippen LogP contribution >= 0.6 is 10.2 Å². The summed E-state index contributed by atoms with van der Waals surface area (Å²) >= 11 is 0. The van der Waals surface area contributed by atoms with Gasteiger partial charge in [0.05, 0.1) is 36.9 Å². The van der Waals surface area contributed by atoms with Crippen LogP contribution in [-0.4, -0.2) is 41.8 Å². The third kappa shape index (κ3) is 5.32. The van der Waals surface area contributed by atoms with Crippen molar-refractivity contribution in [2.24, 2.45) is 12.0 Å². The molecule has 1 aliphatic carbocycles. The highest BCUT2D eigenvalue weighted by molar-refractivity contribution is 8.45. The van der Waals surface area contributed by atoms with Gasteiger partial charge >= 0.3 is 10.2 Å². The lowest BCUT2D eigenvalue weighted by molar-refractivity contribution is 0.364. The Labute approximate surface area is 242 Å². The van der Waals surface area contributed by atoms with Gasteiger partial charge in [-0.15, -0.1) is 0 Å². The van der Waals surface area contributed by atoms with E-state index in [0.29, 0.717) is 34.9 Å². The van der Waals surface area contributed by atoms with Gasteiger partial charge in [-0.1, -0.05) is 31.6 Å². The Morgan fingerprint density at radius 1 is 1.09 bits per heavy atom. The van der Waals surface area contributed by atoms with Crippen LogP contribution in [-0.2, 0) is 7.05 Å². The van der Waals surface area contributed by atoms with E-state index in [1.807, 2.05) is 29.8 Å². The molecule has 1 aliphatic rings. The lowest BCUT2D eigenvalue weighted by atomic mass is 10.1. The van der Waals surface area contributed by atoms with Gasteiger partial charge in [-0.3, -0.25) is 13.9 Å². The van der Waals surface area contributed by atoms with E-state index in [0.717, 1.165) is 36.4 Å². The van der Waals surface area contributed by atoms with Gasteiger partial charge in [0.1, 0.15) is 22.0 Å². The second kappa shape index (κ2) is 9.05. The number of ether oxygens (including phenoxy) is 1. The van der Waals surface area contributed by atoms with Crippen LogP contribution < -0.4 is 15.9 Å². The van der Waals surface area contributed by atoms with E-state index in [9.17, 15) is 24.2 Å².